The van der Waals surface area contributed by atoms with Crippen LogP contribution in [0.5, 0.6) is 0 Å². The third-order valence-corrected chi connectivity index (χ3v) is 13.6. The average Bonchev–Trinajstić information content (AvgIpc) is 3.97. The van der Waals surface area contributed by atoms with Crippen LogP contribution in [0.3, 0.4) is 0 Å². The number of fused-ring (bicyclic) bond motifs is 6. The third-order valence-electron chi connectivity index (χ3n) is 13.6. The van der Waals surface area contributed by atoms with Crippen molar-refractivity contribution in [2.45, 2.75) is 0 Å². The second-order valence-corrected chi connectivity index (χ2v) is 17.7. The number of hydrogen-bond acceptors (Lipinski definition) is 2. The zero-order chi connectivity index (χ0) is 45.7. The lowest BCUT2D eigenvalue weighted by Crippen LogP contribution is -2.10. The van der Waals surface area contributed by atoms with Gasteiger partial charge in [0, 0.05) is 44.3 Å². The first-order valence-corrected chi connectivity index (χ1v) is 23.6. The van der Waals surface area contributed by atoms with E-state index in [1.807, 2.05) is 12.1 Å². The summed E-state index contributed by atoms with van der Waals surface area (Å²) in [7, 11) is 0. The third kappa shape index (κ3) is 7.25. The molecule has 3 heteroatoms. The van der Waals surface area contributed by atoms with E-state index in [0.717, 1.165) is 72.5 Å². The molecule has 0 radical (unpaired) electrons. The maximum atomic E-state index is 6.34. The minimum atomic E-state index is 0.886. The predicted octanol–water partition coefficient (Wildman–Crippen LogP) is 18.5. The standard InChI is InChI=1S/C66H44N2O/c1-2-15-48(16-3-1)57-23-4-5-24-58(57)52-19-14-21-55(43-52)67(54-20-13-18-50(42-54)51-37-40-62-61-27-8-11-30-65(61)69-66(62)44-51)53-38-35-46(36-39-53)45-31-33-47(34-32-45)49-17-12-22-56(41-49)68-63-28-9-6-25-59(63)60-26-7-10-29-64(60)68/h1-44H. The van der Waals surface area contributed by atoms with E-state index >= 15 is 0 Å². The molecule has 0 N–H and O–H groups in total. The zero-order valence-electron chi connectivity index (χ0n) is 37.7. The van der Waals surface area contributed by atoms with Crippen LogP contribution in [-0.2, 0) is 0 Å². The van der Waals surface area contributed by atoms with E-state index in [4.69, 9.17) is 4.42 Å². The van der Waals surface area contributed by atoms with E-state index < -0.39 is 0 Å². The van der Waals surface area contributed by atoms with Crippen LogP contribution in [0.1, 0.15) is 0 Å². The van der Waals surface area contributed by atoms with Gasteiger partial charge in [0.05, 0.1) is 11.0 Å². The number of rotatable bonds is 9. The van der Waals surface area contributed by atoms with Gasteiger partial charge in [0.2, 0.25) is 0 Å². The molecule has 69 heavy (non-hydrogen) atoms. The van der Waals surface area contributed by atoms with E-state index in [1.54, 1.807) is 0 Å². The number of para-hydroxylation sites is 3. The molecule has 0 bridgehead atoms. The van der Waals surface area contributed by atoms with E-state index in [0.29, 0.717) is 0 Å². The van der Waals surface area contributed by atoms with Crippen molar-refractivity contribution in [3.63, 3.8) is 0 Å². The maximum Gasteiger partial charge on any atom is 0.136 e. The van der Waals surface area contributed by atoms with Gasteiger partial charge in [0.15, 0.2) is 0 Å². The van der Waals surface area contributed by atoms with Crippen molar-refractivity contribution in [1.82, 2.24) is 4.57 Å². The topological polar surface area (TPSA) is 21.3 Å². The highest BCUT2D eigenvalue weighted by Crippen LogP contribution is 2.42. The summed E-state index contributed by atoms with van der Waals surface area (Å²) < 4.78 is 8.72. The number of benzene rings is 11. The molecule has 2 heterocycles. The van der Waals surface area contributed by atoms with Gasteiger partial charge < -0.3 is 13.9 Å². The Morgan fingerprint density at radius 3 is 1.42 bits per heavy atom. The summed E-state index contributed by atoms with van der Waals surface area (Å²) in [5, 5.41) is 4.79. The van der Waals surface area contributed by atoms with E-state index in [-0.39, 0.29) is 0 Å². The lowest BCUT2D eigenvalue weighted by molar-refractivity contribution is 0.669. The SMILES string of the molecule is c1ccc(-c2ccccc2-c2cccc(N(c3ccc(-c4ccc(-c5cccc(-n6c7ccccc7c7ccccc76)c5)cc4)cc3)c3cccc(-c4ccc5c(c4)oc4ccccc45)c3)c2)cc1. The van der Waals surface area contributed by atoms with Gasteiger partial charge in [0.1, 0.15) is 11.2 Å². The Bertz CT molecular complexity index is 3960. The Morgan fingerprint density at radius 1 is 0.261 bits per heavy atom. The Hall–Kier alpha value is -9.18. The van der Waals surface area contributed by atoms with Crippen molar-refractivity contribution < 1.29 is 4.42 Å². The molecule has 0 aliphatic carbocycles. The normalized spacial score (nSPS) is 11.5. The summed E-state index contributed by atoms with van der Waals surface area (Å²) >= 11 is 0. The number of anilines is 3. The fourth-order valence-electron chi connectivity index (χ4n) is 10.3. The zero-order valence-corrected chi connectivity index (χ0v) is 37.7. The second-order valence-electron chi connectivity index (χ2n) is 17.7. The molecule has 0 aliphatic heterocycles. The smallest absolute Gasteiger partial charge is 0.136 e. The Labute approximate surface area is 401 Å². The summed E-state index contributed by atoms with van der Waals surface area (Å²) in [6, 6.07) is 96.1. The van der Waals surface area contributed by atoms with Gasteiger partial charge >= 0.3 is 0 Å². The highest BCUT2D eigenvalue weighted by Gasteiger charge is 2.18. The van der Waals surface area contributed by atoms with E-state index in [9.17, 15) is 0 Å². The second kappa shape index (κ2) is 16.9. The molecule has 11 aromatic carbocycles. The van der Waals surface area contributed by atoms with Crippen molar-refractivity contribution in [3.8, 4) is 61.3 Å². The number of nitrogens with zero attached hydrogens (tertiary/aromatic N) is 2. The summed E-state index contributed by atoms with van der Waals surface area (Å²) in [4.78, 5) is 2.37. The van der Waals surface area contributed by atoms with Gasteiger partial charge in [-0.25, -0.2) is 0 Å². The molecule has 13 rings (SSSR count). The molecule has 2 aromatic heterocycles. The molecular formula is C66H44N2O. The molecule has 0 unspecified atom stereocenters. The molecule has 0 saturated carbocycles. The Kier molecular flexibility index (Phi) is 9.84. The van der Waals surface area contributed by atoms with Gasteiger partial charge in [-0.2, -0.15) is 0 Å². The van der Waals surface area contributed by atoms with Crippen LogP contribution in [0.25, 0.3) is 105 Å². The van der Waals surface area contributed by atoms with Crippen molar-refractivity contribution >= 4 is 60.8 Å². The fourth-order valence-corrected chi connectivity index (χ4v) is 10.3. The minimum Gasteiger partial charge on any atom is -0.456 e. The highest BCUT2D eigenvalue weighted by atomic mass is 16.3. The first-order chi connectivity index (χ1) is 34.2. The minimum absolute atomic E-state index is 0.886. The number of aromatic nitrogens is 1. The Morgan fingerprint density at radius 2 is 0.725 bits per heavy atom. The van der Waals surface area contributed by atoms with Gasteiger partial charge in [-0.1, -0.05) is 188 Å². The van der Waals surface area contributed by atoms with Crippen LogP contribution in [0.15, 0.2) is 271 Å². The molecule has 0 spiro atoms. The summed E-state index contributed by atoms with van der Waals surface area (Å²) in [6.45, 7) is 0. The first kappa shape index (κ1) is 40.1. The van der Waals surface area contributed by atoms with Gasteiger partial charge in [-0.15, -0.1) is 0 Å². The first-order valence-electron chi connectivity index (χ1n) is 23.6. The van der Waals surface area contributed by atoms with E-state index in [2.05, 4.69) is 264 Å². The molecule has 0 amide bonds. The lowest BCUT2D eigenvalue weighted by atomic mass is 9.94. The lowest BCUT2D eigenvalue weighted by Gasteiger charge is -2.27. The van der Waals surface area contributed by atoms with Crippen LogP contribution < -0.4 is 4.90 Å². The molecule has 3 nitrogen and oxygen atoms in total. The van der Waals surface area contributed by atoms with Crippen LogP contribution in [0.2, 0.25) is 0 Å². The van der Waals surface area contributed by atoms with E-state index in [1.165, 1.54) is 49.6 Å². The summed E-state index contributed by atoms with van der Waals surface area (Å²) in [5.41, 5.74) is 20.2. The van der Waals surface area contributed by atoms with Crippen molar-refractivity contribution in [2.24, 2.45) is 0 Å². The largest absolute Gasteiger partial charge is 0.456 e. The van der Waals surface area contributed by atoms with Gasteiger partial charge in [0.25, 0.3) is 0 Å². The van der Waals surface area contributed by atoms with Crippen LogP contribution in [0.4, 0.5) is 17.1 Å². The van der Waals surface area contributed by atoms with Gasteiger partial charge in [-0.3, -0.25) is 0 Å². The molecule has 324 valence electrons. The monoisotopic (exact) mass is 880 g/mol. The van der Waals surface area contributed by atoms with Gasteiger partial charge in [-0.05, 0) is 134 Å². The molecule has 0 aliphatic rings. The number of furan rings is 1. The average molecular weight is 881 g/mol. The molecule has 13 aromatic rings. The molecule has 0 saturated heterocycles. The van der Waals surface area contributed by atoms with Crippen molar-refractivity contribution in [2.75, 3.05) is 4.90 Å². The van der Waals surface area contributed by atoms with Crippen molar-refractivity contribution in [3.05, 3.63) is 267 Å². The fraction of sp³-hybridized carbons (Fsp3) is 0. The molecule has 0 fully saturated rings. The maximum absolute atomic E-state index is 6.34. The summed E-state index contributed by atoms with van der Waals surface area (Å²) in [5.74, 6) is 0. The molecular weight excluding hydrogens is 837 g/mol. The Balaban J connectivity index is 0.858. The number of hydrogen-bond donors (Lipinski definition) is 0. The van der Waals surface area contributed by atoms with Crippen molar-refractivity contribution in [1.29, 1.82) is 0 Å². The summed E-state index contributed by atoms with van der Waals surface area (Å²) in [6.07, 6.45) is 0. The quantitative estimate of drug-likeness (QED) is 0.144. The molecule has 0 atom stereocenters. The highest BCUT2D eigenvalue weighted by molar-refractivity contribution is 6.09. The van der Waals surface area contributed by atoms with Crippen LogP contribution in [-0.4, -0.2) is 4.57 Å². The van der Waals surface area contributed by atoms with Crippen LogP contribution in [0, 0.1) is 0 Å². The predicted molar refractivity (Wildman–Crippen MR) is 290 cm³/mol. The van der Waals surface area contributed by atoms with Crippen LogP contribution >= 0.6 is 0 Å².